The molecule has 0 aromatic heterocycles. The summed E-state index contributed by atoms with van der Waals surface area (Å²) in [7, 11) is 0. The fourth-order valence-corrected chi connectivity index (χ4v) is 7.77. The van der Waals surface area contributed by atoms with E-state index >= 15 is 0 Å². The number of benzene rings is 2. The molecule has 2 bridgehead atoms. The van der Waals surface area contributed by atoms with E-state index in [0.29, 0.717) is 31.0 Å². The fraction of sp³-hybridized carbons (Fsp3) is 0.472. The number of aliphatic hydroxyl groups is 1. The van der Waals surface area contributed by atoms with Gasteiger partial charge in [0.2, 0.25) is 17.7 Å². The third-order valence-electron chi connectivity index (χ3n) is 9.91. The molecule has 3 aliphatic heterocycles. The predicted octanol–water partition coefficient (Wildman–Crippen LogP) is 4.21. The van der Waals surface area contributed by atoms with Crippen LogP contribution in [0.15, 0.2) is 79.9 Å². The molecule has 9 heteroatoms. The molecule has 3 amide bonds. The van der Waals surface area contributed by atoms with Crippen molar-refractivity contribution in [1.82, 2.24) is 9.80 Å². The summed E-state index contributed by atoms with van der Waals surface area (Å²) >= 11 is 0. The SMILES string of the molecule is C=CCN(Cc1ccccc1)C(=O)C1N([C@H](C)CO)C(=O)[C@@H]2[C@H](C(=O)N(CC=C)c3ccc(OCC)cc3)[C@@]3(C)OC12CC3C. The molecule has 2 aromatic carbocycles. The molecule has 3 aliphatic rings. The van der Waals surface area contributed by atoms with Gasteiger partial charge in [-0.05, 0) is 62.9 Å². The van der Waals surface area contributed by atoms with Gasteiger partial charge >= 0.3 is 0 Å². The summed E-state index contributed by atoms with van der Waals surface area (Å²) in [5.74, 6) is -2.06. The van der Waals surface area contributed by atoms with E-state index in [1.54, 1.807) is 28.9 Å². The van der Waals surface area contributed by atoms with Crippen molar-refractivity contribution in [3.8, 4) is 5.75 Å². The van der Waals surface area contributed by atoms with Gasteiger partial charge < -0.3 is 29.3 Å². The number of likely N-dealkylation sites (tertiary alicyclic amines) is 1. The molecule has 3 heterocycles. The van der Waals surface area contributed by atoms with Crippen LogP contribution in [0, 0.1) is 17.8 Å². The smallest absolute Gasteiger partial charge is 0.249 e. The highest BCUT2D eigenvalue weighted by Crippen LogP contribution is 2.66. The fourth-order valence-electron chi connectivity index (χ4n) is 7.77. The van der Waals surface area contributed by atoms with Crippen molar-refractivity contribution in [3.05, 3.63) is 85.5 Å². The number of nitrogens with zero attached hydrogens (tertiary/aromatic N) is 3. The Bertz CT molecular complexity index is 1430. The molecule has 3 saturated heterocycles. The minimum Gasteiger partial charge on any atom is -0.494 e. The molecule has 7 atom stereocenters. The molecule has 3 fully saturated rings. The zero-order valence-electron chi connectivity index (χ0n) is 26.7. The van der Waals surface area contributed by atoms with E-state index in [-0.39, 0.29) is 43.3 Å². The third-order valence-corrected chi connectivity index (χ3v) is 9.91. The highest BCUT2D eigenvalue weighted by molar-refractivity contribution is 6.03. The number of hydrogen-bond acceptors (Lipinski definition) is 6. The largest absolute Gasteiger partial charge is 0.494 e. The molecule has 3 unspecified atom stereocenters. The normalized spacial score (nSPS) is 28.8. The Kier molecular flexibility index (Phi) is 9.23. The van der Waals surface area contributed by atoms with Crippen LogP contribution in [0.1, 0.15) is 39.7 Å². The van der Waals surface area contributed by atoms with Crippen LogP contribution < -0.4 is 9.64 Å². The molecule has 45 heavy (non-hydrogen) atoms. The Morgan fingerprint density at radius 2 is 1.78 bits per heavy atom. The van der Waals surface area contributed by atoms with E-state index in [9.17, 15) is 19.5 Å². The Hall–Kier alpha value is -3.95. The Morgan fingerprint density at radius 1 is 1.11 bits per heavy atom. The first-order valence-electron chi connectivity index (χ1n) is 15.8. The standard InChI is InChI=1S/C36H45N3O6/c1-7-19-37(22-26-13-11-10-12-14-26)34(43)31-36-21-24(4)35(6,45-36)29(30(36)33(42)39(31)25(5)23-40)32(41)38(20-8-2)27-15-17-28(18-16-27)44-9-3/h7-8,10-18,24-25,29-31,40H,1-2,9,19-23H2,3-6H3/t24?,25-,29-,30+,31?,35+,36?/m1/s1. The van der Waals surface area contributed by atoms with Crippen LogP contribution in [0.2, 0.25) is 0 Å². The zero-order chi connectivity index (χ0) is 32.5. The van der Waals surface area contributed by atoms with E-state index in [0.717, 1.165) is 5.56 Å². The number of carbonyl (C=O) groups is 3. The quantitative estimate of drug-likeness (QED) is 0.339. The van der Waals surface area contributed by atoms with Crippen LogP contribution >= 0.6 is 0 Å². The molecule has 1 spiro atoms. The Labute approximate surface area is 266 Å². The maximum absolute atomic E-state index is 14.7. The number of rotatable bonds is 13. The Morgan fingerprint density at radius 3 is 2.38 bits per heavy atom. The van der Waals surface area contributed by atoms with E-state index in [1.165, 1.54) is 4.90 Å². The van der Waals surface area contributed by atoms with E-state index in [1.807, 2.05) is 75.4 Å². The molecule has 240 valence electrons. The van der Waals surface area contributed by atoms with Gasteiger partial charge in [0.25, 0.3) is 0 Å². The monoisotopic (exact) mass is 615 g/mol. The first-order chi connectivity index (χ1) is 21.6. The van der Waals surface area contributed by atoms with Crippen molar-refractivity contribution < 1.29 is 29.0 Å². The molecule has 5 rings (SSSR count). The highest BCUT2D eigenvalue weighted by Gasteiger charge is 2.80. The Balaban J connectivity index is 1.57. The summed E-state index contributed by atoms with van der Waals surface area (Å²) in [5.41, 5.74) is -0.637. The average Bonchev–Trinajstić information content (AvgIpc) is 3.56. The lowest BCUT2D eigenvalue weighted by atomic mass is 9.62. The van der Waals surface area contributed by atoms with E-state index < -0.39 is 35.1 Å². The van der Waals surface area contributed by atoms with Gasteiger partial charge in [0.1, 0.15) is 17.4 Å². The van der Waals surface area contributed by atoms with Crippen molar-refractivity contribution in [2.45, 2.75) is 63.9 Å². The lowest BCUT2D eigenvalue weighted by Gasteiger charge is -2.39. The van der Waals surface area contributed by atoms with Crippen molar-refractivity contribution >= 4 is 23.4 Å². The van der Waals surface area contributed by atoms with Crippen LogP contribution in [0.5, 0.6) is 5.75 Å². The van der Waals surface area contributed by atoms with Crippen molar-refractivity contribution in [1.29, 1.82) is 0 Å². The number of anilines is 1. The molecular formula is C36H45N3O6. The average molecular weight is 616 g/mol. The maximum Gasteiger partial charge on any atom is 0.249 e. The van der Waals surface area contributed by atoms with Crippen molar-refractivity contribution in [2.24, 2.45) is 17.8 Å². The molecule has 0 radical (unpaired) electrons. The molecule has 9 nitrogen and oxygen atoms in total. The van der Waals surface area contributed by atoms with Crippen LogP contribution in [0.25, 0.3) is 0 Å². The van der Waals surface area contributed by atoms with Gasteiger partial charge in [0.15, 0.2) is 0 Å². The first-order valence-corrected chi connectivity index (χ1v) is 15.8. The lowest BCUT2D eigenvalue weighted by Crippen LogP contribution is -2.58. The summed E-state index contributed by atoms with van der Waals surface area (Å²) in [5, 5.41) is 10.3. The topological polar surface area (TPSA) is 99.6 Å². The second-order valence-corrected chi connectivity index (χ2v) is 12.6. The van der Waals surface area contributed by atoms with Gasteiger partial charge in [-0.15, -0.1) is 13.2 Å². The van der Waals surface area contributed by atoms with Crippen molar-refractivity contribution in [2.75, 3.05) is 31.2 Å². The molecule has 0 aliphatic carbocycles. The first kappa shape index (κ1) is 32.4. The van der Waals surface area contributed by atoms with E-state index in [2.05, 4.69) is 13.2 Å². The van der Waals surface area contributed by atoms with Crippen LogP contribution in [-0.2, 0) is 25.7 Å². The minimum absolute atomic E-state index is 0.122. The number of carbonyl (C=O) groups excluding carboxylic acids is 3. The number of ether oxygens (including phenoxy) is 2. The zero-order valence-corrected chi connectivity index (χ0v) is 26.7. The van der Waals surface area contributed by atoms with Crippen LogP contribution in [0.4, 0.5) is 5.69 Å². The summed E-state index contributed by atoms with van der Waals surface area (Å²) in [6, 6.07) is 15.2. The highest BCUT2D eigenvalue weighted by atomic mass is 16.5. The van der Waals surface area contributed by atoms with Gasteiger partial charge in [-0.1, -0.05) is 49.4 Å². The number of amides is 3. The number of fused-ring (bicyclic) bond motifs is 1. The van der Waals surface area contributed by atoms with Gasteiger partial charge in [-0.25, -0.2) is 0 Å². The summed E-state index contributed by atoms with van der Waals surface area (Å²) in [6.07, 6.45) is 3.76. The van der Waals surface area contributed by atoms with Crippen LogP contribution in [0.3, 0.4) is 0 Å². The van der Waals surface area contributed by atoms with Gasteiger partial charge in [-0.2, -0.15) is 0 Å². The van der Waals surface area contributed by atoms with Gasteiger partial charge in [0, 0.05) is 25.3 Å². The third kappa shape index (κ3) is 5.36. The van der Waals surface area contributed by atoms with Crippen molar-refractivity contribution in [3.63, 3.8) is 0 Å². The maximum atomic E-state index is 14.7. The molecule has 2 aromatic rings. The second kappa shape index (κ2) is 12.8. The molecular weight excluding hydrogens is 570 g/mol. The molecule has 1 N–H and O–H groups in total. The van der Waals surface area contributed by atoms with E-state index in [4.69, 9.17) is 9.47 Å². The molecule has 0 saturated carbocycles. The van der Waals surface area contributed by atoms with Gasteiger partial charge in [-0.3, -0.25) is 14.4 Å². The summed E-state index contributed by atoms with van der Waals surface area (Å²) in [4.78, 5) is 48.7. The summed E-state index contributed by atoms with van der Waals surface area (Å²) in [6.45, 7) is 16.3. The second-order valence-electron chi connectivity index (χ2n) is 12.6. The minimum atomic E-state index is -1.24. The lowest BCUT2D eigenvalue weighted by molar-refractivity contribution is -0.155. The van der Waals surface area contributed by atoms with Gasteiger partial charge in [0.05, 0.1) is 36.7 Å². The number of hydrogen-bond donors (Lipinski definition) is 1. The summed E-state index contributed by atoms with van der Waals surface area (Å²) < 4.78 is 12.5. The van der Waals surface area contributed by atoms with Crippen LogP contribution in [-0.4, -0.2) is 82.2 Å². The predicted molar refractivity (Wildman–Crippen MR) is 172 cm³/mol. The number of aliphatic hydroxyl groups excluding tert-OH is 1.